The van der Waals surface area contributed by atoms with Crippen molar-refractivity contribution in [2.24, 2.45) is 0 Å². The zero-order chi connectivity index (χ0) is 14.9. The summed E-state index contributed by atoms with van der Waals surface area (Å²) < 4.78 is 10.6. The summed E-state index contributed by atoms with van der Waals surface area (Å²) in [6.07, 6.45) is 4.59. The van der Waals surface area contributed by atoms with E-state index < -0.39 is 5.60 Å². The molecular weight excluding hydrogens is 270 g/mol. The molecule has 1 fully saturated rings. The van der Waals surface area contributed by atoms with E-state index in [1.165, 1.54) is 0 Å². The van der Waals surface area contributed by atoms with Gasteiger partial charge in [0, 0.05) is 19.2 Å². The lowest BCUT2D eigenvalue weighted by Gasteiger charge is -2.35. The van der Waals surface area contributed by atoms with Gasteiger partial charge in [0.1, 0.15) is 0 Å². The first kappa shape index (κ1) is 13.9. The van der Waals surface area contributed by atoms with Gasteiger partial charge in [-0.2, -0.15) is 0 Å². The van der Waals surface area contributed by atoms with Crippen LogP contribution in [0.3, 0.4) is 0 Å². The summed E-state index contributed by atoms with van der Waals surface area (Å²) in [4.78, 5) is 13.9. The normalized spacial score (nSPS) is 20.0. The fourth-order valence-corrected chi connectivity index (χ4v) is 2.50. The van der Waals surface area contributed by atoms with E-state index in [2.05, 4.69) is 0 Å². The number of amides is 1. The van der Waals surface area contributed by atoms with Crippen molar-refractivity contribution in [1.29, 1.82) is 0 Å². The lowest BCUT2D eigenvalue weighted by Crippen LogP contribution is -2.44. The number of hydrogen-bond acceptors (Lipinski definition) is 4. The molecule has 0 saturated carbocycles. The van der Waals surface area contributed by atoms with E-state index in [1.54, 1.807) is 17.1 Å². The van der Waals surface area contributed by atoms with Crippen molar-refractivity contribution in [3.8, 4) is 11.5 Å². The highest BCUT2D eigenvalue weighted by atomic mass is 16.7. The zero-order valence-corrected chi connectivity index (χ0v) is 12.0. The number of hydrogen-bond donors (Lipinski definition) is 1. The molecule has 5 heteroatoms. The summed E-state index contributed by atoms with van der Waals surface area (Å²) >= 11 is 0. The van der Waals surface area contributed by atoms with Crippen LogP contribution < -0.4 is 9.47 Å². The van der Waals surface area contributed by atoms with Crippen LogP contribution in [0.4, 0.5) is 0 Å². The largest absolute Gasteiger partial charge is 0.454 e. The highest BCUT2D eigenvalue weighted by Gasteiger charge is 2.28. The summed E-state index contributed by atoms with van der Waals surface area (Å²) in [5, 5.41) is 9.89. The molecule has 3 rings (SSSR count). The predicted molar refractivity (Wildman–Crippen MR) is 78.0 cm³/mol. The van der Waals surface area contributed by atoms with Gasteiger partial charge in [-0.1, -0.05) is 6.07 Å². The van der Waals surface area contributed by atoms with Crippen LogP contribution in [0.25, 0.3) is 6.08 Å². The van der Waals surface area contributed by atoms with Crippen LogP contribution in [0.15, 0.2) is 24.3 Å². The SMILES string of the molecule is CC1(O)CCN(C(=O)/C=C/c2ccc3c(c2)OCO3)CC1. The van der Waals surface area contributed by atoms with Gasteiger partial charge in [0.05, 0.1) is 5.60 Å². The number of fused-ring (bicyclic) bond motifs is 1. The van der Waals surface area contributed by atoms with Gasteiger partial charge in [0.25, 0.3) is 0 Å². The van der Waals surface area contributed by atoms with Crippen LogP contribution in [-0.4, -0.2) is 41.4 Å². The van der Waals surface area contributed by atoms with E-state index in [1.807, 2.05) is 25.1 Å². The Kier molecular flexibility index (Phi) is 3.59. The van der Waals surface area contributed by atoms with Crippen molar-refractivity contribution < 1.29 is 19.4 Å². The van der Waals surface area contributed by atoms with Gasteiger partial charge < -0.3 is 19.5 Å². The maximum atomic E-state index is 12.1. The van der Waals surface area contributed by atoms with Gasteiger partial charge in [0.2, 0.25) is 12.7 Å². The van der Waals surface area contributed by atoms with Gasteiger partial charge in [0.15, 0.2) is 11.5 Å². The van der Waals surface area contributed by atoms with Crippen molar-refractivity contribution in [2.45, 2.75) is 25.4 Å². The second-order valence-electron chi connectivity index (χ2n) is 5.77. The topological polar surface area (TPSA) is 59.0 Å². The third-order valence-electron chi connectivity index (χ3n) is 3.97. The average molecular weight is 289 g/mol. The number of aliphatic hydroxyl groups is 1. The lowest BCUT2D eigenvalue weighted by atomic mass is 9.94. The van der Waals surface area contributed by atoms with E-state index in [9.17, 15) is 9.90 Å². The minimum absolute atomic E-state index is 0.0248. The standard InChI is InChI=1S/C16H19NO4/c1-16(19)6-8-17(9-7-16)15(18)5-3-12-2-4-13-14(10-12)21-11-20-13/h2-5,10,19H,6-9,11H2,1H3/b5-3+. The zero-order valence-electron chi connectivity index (χ0n) is 12.0. The number of rotatable bonds is 2. The smallest absolute Gasteiger partial charge is 0.246 e. The predicted octanol–water partition coefficient (Wildman–Crippen LogP) is 1.80. The van der Waals surface area contributed by atoms with Crippen molar-refractivity contribution in [3.63, 3.8) is 0 Å². The van der Waals surface area contributed by atoms with Crippen LogP contribution in [0.1, 0.15) is 25.3 Å². The third-order valence-corrected chi connectivity index (χ3v) is 3.97. The van der Waals surface area contributed by atoms with Crippen LogP contribution in [0, 0.1) is 0 Å². The third kappa shape index (κ3) is 3.19. The second-order valence-corrected chi connectivity index (χ2v) is 5.77. The number of piperidine rings is 1. The van der Waals surface area contributed by atoms with Crippen molar-refractivity contribution in [1.82, 2.24) is 4.90 Å². The summed E-state index contributed by atoms with van der Waals surface area (Å²) in [6.45, 7) is 3.25. The van der Waals surface area contributed by atoms with E-state index >= 15 is 0 Å². The molecule has 0 aliphatic carbocycles. The maximum absolute atomic E-state index is 12.1. The van der Waals surface area contributed by atoms with Crippen molar-refractivity contribution in [2.75, 3.05) is 19.9 Å². The highest BCUT2D eigenvalue weighted by molar-refractivity contribution is 5.92. The Morgan fingerprint density at radius 2 is 2.00 bits per heavy atom. The minimum Gasteiger partial charge on any atom is -0.454 e. The number of likely N-dealkylation sites (tertiary alicyclic amines) is 1. The molecular formula is C16H19NO4. The molecule has 21 heavy (non-hydrogen) atoms. The molecule has 112 valence electrons. The van der Waals surface area contributed by atoms with E-state index in [-0.39, 0.29) is 12.7 Å². The Labute approximate surface area is 123 Å². The number of ether oxygens (including phenoxy) is 2. The number of benzene rings is 1. The molecule has 2 aliphatic rings. The Morgan fingerprint density at radius 3 is 2.76 bits per heavy atom. The Balaban J connectivity index is 1.62. The van der Waals surface area contributed by atoms with Crippen LogP contribution in [-0.2, 0) is 4.79 Å². The van der Waals surface area contributed by atoms with Crippen molar-refractivity contribution >= 4 is 12.0 Å². The molecule has 1 aromatic rings. The molecule has 2 aliphatic heterocycles. The summed E-state index contributed by atoms with van der Waals surface area (Å²) in [5.74, 6) is 1.42. The van der Waals surface area contributed by atoms with Crippen LogP contribution in [0.5, 0.6) is 11.5 Å². The van der Waals surface area contributed by atoms with Crippen LogP contribution >= 0.6 is 0 Å². The van der Waals surface area contributed by atoms with Gasteiger partial charge >= 0.3 is 0 Å². The second kappa shape index (κ2) is 5.41. The Hall–Kier alpha value is -2.01. The molecule has 1 N–H and O–H groups in total. The first-order valence-corrected chi connectivity index (χ1v) is 7.13. The molecule has 0 atom stereocenters. The Morgan fingerprint density at radius 1 is 1.29 bits per heavy atom. The molecule has 2 heterocycles. The molecule has 0 radical (unpaired) electrons. The molecule has 0 unspecified atom stereocenters. The van der Waals surface area contributed by atoms with Gasteiger partial charge in [-0.05, 0) is 43.5 Å². The first-order valence-electron chi connectivity index (χ1n) is 7.13. The quantitative estimate of drug-likeness (QED) is 0.844. The average Bonchev–Trinajstić information content (AvgIpc) is 2.92. The molecule has 5 nitrogen and oxygen atoms in total. The summed E-state index contributed by atoms with van der Waals surface area (Å²) in [7, 11) is 0. The molecule has 0 spiro atoms. The fourth-order valence-electron chi connectivity index (χ4n) is 2.50. The van der Waals surface area contributed by atoms with Gasteiger partial charge in [-0.15, -0.1) is 0 Å². The molecule has 1 amide bonds. The maximum Gasteiger partial charge on any atom is 0.246 e. The minimum atomic E-state index is -0.641. The van der Waals surface area contributed by atoms with Crippen molar-refractivity contribution in [3.05, 3.63) is 29.8 Å². The molecule has 1 aromatic carbocycles. The van der Waals surface area contributed by atoms with E-state index in [4.69, 9.17) is 9.47 Å². The summed E-state index contributed by atoms with van der Waals surface area (Å²) in [5.41, 5.74) is 0.259. The Bertz CT molecular complexity index is 570. The molecule has 1 saturated heterocycles. The van der Waals surface area contributed by atoms with E-state index in [0.29, 0.717) is 31.7 Å². The lowest BCUT2D eigenvalue weighted by molar-refractivity contribution is -0.129. The molecule has 0 aromatic heterocycles. The fraction of sp³-hybridized carbons (Fsp3) is 0.438. The number of carbonyl (C=O) groups excluding carboxylic acids is 1. The molecule has 0 bridgehead atoms. The van der Waals surface area contributed by atoms with Gasteiger partial charge in [-0.25, -0.2) is 0 Å². The van der Waals surface area contributed by atoms with E-state index in [0.717, 1.165) is 11.3 Å². The first-order chi connectivity index (χ1) is 10.0. The number of carbonyl (C=O) groups is 1. The van der Waals surface area contributed by atoms with Gasteiger partial charge in [-0.3, -0.25) is 4.79 Å². The number of nitrogens with zero attached hydrogens (tertiary/aromatic N) is 1. The summed E-state index contributed by atoms with van der Waals surface area (Å²) in [6, 6.07) is 5.58. The van der Waals surface area contributed by atoms with Crippen LogP contribution in [0.2, 0.25) is 0 Å². The monoisotopic (exact) mass is 289 g/mol. The highest BCUT2D eigenvalue weighted by Crippen LogP contribution is 2.32.